The predicted octanol–water partition coefficient (Wildman–Crippen LogP) is 2.54. The molecule has 0 bridgehead atoms. The van der Waals surface area contributed by atoms with Crippen molar-refractivity contribution >= 4 is 17.0 Å². The summed E-state index contributed by atoms with van der Waals surface area (Å²) in [4.78, 5) is 0. The minimum atomic E-state index is -2.00. The van der Waals surface area contributed by atoms with Crippen LogP contribution in [0.25, 0.3) is 0 Å². The second-order valence-electron chi connectivity index (χ2n) is 5.00. The zero-order valence-electron chi connectivity index (χ0n) is 10.8. The summed E-state index contributed by atoms with van der Waals surface area (Å²) in [5.74, 6) is 0. The molecule has 0 aromatic heterocycles. The van der Waals surface area contributed by atoms with Gasteiger partial charge in [-0.05, 0) is 26.8 Å². The van der Waals surface area contributed by atoms with Crippen molar-refractivity contribution in [3.63, 3.8) is 0 Å². The van der Waals surface area contributed by atoms with Crippen molar-refractivity contribution in [3.8, 4) is 0 Å². The first-order valence-corrected chi connectivity index (χ1v) is 11.4. The van der Waals surface area contributed by atoms with Gasteiger partial charge in [-0.3, -0.25) is 0 Å². The Kier molecular flexibility index (Phi) is 4.55. The van der Waals surface area contributed by atoms with Crippen LogP contribution in [0.15, 0.2) is 0 Å². The van der Waals surface area contributed by atoms with Crippen LogP contribution in [-0.2, 0) is 8.85 Å². The van der Waals surface area contributed by atoms with E-state index in [1.807, 2.05) is 0 Å². The average molecular weight is 247 g/mol. The van der Waals surface area contributed by atoms with E-state index in [0.717, 1.165) is 19.3 Å². The van der Waals surface area contributed by atoms with Gasteiger partial charge in [0.1, 0.15) is 8.24 Å². The highest BCUT2D eigenvalue weighted by Gasteiger charge is 2.52. The minimum Gasteiger partial charge on any atom is -0.383 e. The van der Waals surface area contributed by atoms with E-state index in [4.69, 9.17) is 8.85 Å². The molecule has 1 aliphatic heterocycles. The van der Waals surface area contributed by atoms with Crippen molar-refractivity contribution < 1.29 is 8.85 Å². The van der Waals surface area contributed by atoms with Crippen molar-refractivity contribution in [2.45, 2.75) is 46.0 Å². The van der Waals surface area contributed by atoms with E-state index in [-0.39, 0.29) is 0 Å². The largest absolute Gasteiger partial charge is 0.421 e. The first-order chi connectivity index (χ1) is 6.96. The predicted molar refractivity (Wildman–Crippen MR) is 68.5 cm³/mol. The Balaban J connectivity index is 2.84. The Morgan fingerprint density at radius 1 is 1.13 bits per heavy atom. The molecule has 1 fully saturated rings. The van der Waals surface area contributed by atoms with E-state index in [2.05, 4.69) is 37.7 Å². The Bertz CT molecular complexity index is 200. The zero-order valence-corrected chi connectivity index (χ0v) is 12.8. The molecule has 0 amide bonds. The Morgan fingerprint density at radius 3 is 2.07 bits per heavy atom. The van der Waals surface area contributed by atoms with Crippen LogP contribution in [0.4, 0.5) is 0 Å². The first-order valence-electron chi connectivity index (χ1n) is 6.02. The molecule has 0 atom stereocenters. The molecule has 15 heavy (non-hydrogen) atoms. The van der Waals surface area contributed by atoms with Crippen LogP contribution in [0, 0.1) is 0 Å². The summed E-state index contributed by atoms with van der Waals surface area (Å²) < 4.78 is 14.7. The molecule has 0 radical (unpaired) electrons. The molecule has 0 saturated carbocycles. The SMILES string of the molecule is CCO[Si]1(OCC)CCCN1[Si](C)(C)C. The van der Waals surface area contributed by atoms with Crippen LogP contribution >= 0.6 is 0 Å². The van der Waals surface area contributed by atoms with Gasteiger partial charge in [-0.1, -0.05) is 19.6 Å². The highest BCUT2D eigenvalue weighted by Crippen LogP contribution is 2.32. The molecule has 0 unspecified atom stereocenters. The number of hydrogen-bond donors (Lipinski definition) is 0. The molecule has 1 heterocycles. The number of rotatable bonds is 5. The molecular formula is C10H25NO2Si2. The van der Waals surface area contributed by atoms with Crippen molar-refractivity contribution in [1.29, 1.82) is 0 Å². The molecule has 0 N–H and O–H groups in total. The van der Waals surface area contributed by atoms with Gasteiger partial charge in [0, 0.05) is 19.3 Å². The molecule has 0 aromatic rings. The summed E-state index contributed by atoms with van der Waals surface area (Å²) in [5, 5.41) is 0. The van der Waals surface area contributed by atoms with Gasteiger partial charge in [0.05, 0.1) is 0 Å². The van der Waals surface area contributed by atoms with E-state index >= 15 is 0 Å². The minimum absolute atomic E-state index is 0.785. The maximum atomic E-state index is 6.05. The quantitative estimate of drug-likeness (QED) is 0.697. The summed E-state index contributed by atoms with van der Waals surface area (Å²) in [7, 11) is -3.29. The van der Waals surface area contributed by atoms with Crippen LogP contribution in [0.5, 0.6) is 0 Å². The van der Waals surface area contributed by atoms with Crippen molar-refractivity contribution in [2.75, 3.05) is 19.8 Å². The van der Waals surface area contributed by atoms with Gasteiger partial charge in [0.25, 0.3) is 0 Å². The maximum absolute atomic E-state index is 6.05. The molecule has 0 aliphatic carbocycles. The van der Waals surface area contributed by atoms with Gasteiger partial charge in [-0.15, -0.1) is 0 Å². The van der Waals surface area contributed by atoms with E-state index < -0.39 is 17.0 Å². The molecular weight excluding hydrogens is 222 g/mol. The first kappa shape index (κ1) is 13.4. The lowest BCUT2D eigenvalue weighted by Crippen LogP contribution is -2.63. The Labute approximate surface area is 96.2 Å². The number of hydrogen-bond acceptors (Lipinski definition) is 3. The van der Waals surface area contributed by atoms with Gasteiger partial charge < -0.3 is 13.1 Å². The van der Waals surface area contributed by atoms with Crippen molar-refractivity contribution in [2.24, 2.45) is 0 Å². The van der Waals surface area contributed by atoms with Crippen molar-refractivity contribution in [1.82, 2.24) is 4.23 Å². The summed E-state index contributed by atoms with van der Waals surface area (Å²) >= 11 is 0. The van der Waals surface area contributed by atoms with Crippen molar-refractivity contribution in [3.05, 3.63) is 0 Å². The fourth-order valence-corrected chi connectivity index (χ4v) is 11.0. The van der Waals surface area contributed by atoms with E-state index in [9.17, 15) is 0 Å². The highest BCUT2D eigenvalue weighted by atomic mass is 28.4. The zero-order chi connectivity index (χ0) is 11.5. The Hall–Kier alpha value is 0.314. The molecule has 3 nitrogen and oxygen atoms in total. The van der Waals surface area contributed by atoms with Crippen LogP contribution in [-0.4, -0.2) is 40.9 Å². The molecule has 0 aromatic carbocycles. The normalized spacial score (nSPS) is 22.2. The lowest BCUT2D eigenvalue weighted by molar-refractivity contribution is 0.157. The topological polar surface area (TPSA) is 21.7 Å². The Morgan fingerprint density at radius 2 is 1.67 bits per heavy atom. The average Bonchev–Trinajstić information content (AvgIpc) is 2.49. The summed E-state index contributed by atoms with van der Waals surface area (Å²) in [6, 6.07) is 1.15. The lowest BCUT2D eigenvalue weighted by atomic mass is 10.5. The van der Waals surface area contributed by atoms with Crippen LogP contribution in [0.2, 0.25) is 25.7 Å². The summed E-state index contributed by atoms with van der Waals surface area (Å²) in [5.41, 5.74) is 0. The van der Waals surface area contributed by atoms with Gasteiger partial charge in [0.2, 0.25) is 0 Å². The summed E-state index contributed by atoms with van der Waals surface area (Å²) in [6.07, 6.45) is 1.25. The van der Waals surface area contributed by atoms with Gasteiger partial charge in [0.15, 0.2) is 0 Å². The standard InChI is InChI=1S/C10H25NO2Si2/c1-6-12-15(13-7-2)10-8-9-11(15)14(3,4)5/h6-10H2,1-5H3. The van der Waals surface area contributed by atoms with Crippen LogP contribution in [0.3, 0.4) is 0 Å². The van der Waals surface area contributed by atoms with Gasteiger partial charge >= 0.3 is 8.72 Å². The van der Waals surface area contributed by atoms with Gasteiger partial charge in [-0.25, -0.2) is 0 Å². The monoisotopic (exact) mass is 247 g/mol. The molecule has 5 heteroatoms. The molecule has 1 rings (SSSR count). The van der Waals surface area contributed by atoms with Crippen LogP contribution < -0.4 is 0 Å². The molecule has 1 saturated heterocycles. The molecule has 90 valence electrons. The third-order valence-corrected chi connectivity index (χ3v) is 11.2. The maximum Gasteiger partial charge on any atom is 0.421 e. The third kappa shape index (κ3) is 2.91. The summed E-state index contributed by atoms with van der Waals surface area (Å²) in [6.45, 7) is 14.1. The molecule has 1 aliphatic rings. The molecule has 0 spiro atoms. The fraction of sp³-hybridized carbons (Fsp3) is 1.00. The van der Waals surface area contributed by atoms with Gasteiger partial charge in [-0.2, -0.15) is 0 Å². The van der Waals surface area contributed by atoms with E-state index in [0.29, 0.717) is 0 Å². The smallest absolute Gasteiger partial charge is 0.383 e. The second kappa shape index (κ2) is 5.10. The highest BCUT2D eigenvalue weighted by molar-refractivity contribution is 6.86. The third-order valence-electron chi connectivity index (χ3n) is 2.84. The van der Waals surface area contributed by atoms with E-state index in [1.54, 1.807) is 0 Å². The number of nitrogens with zero attached hydrogens (tertiary/aromatic N) is 1. The fourth-order valence-electron chi connectivity index (χ4n) is 2.41. The second-order valence-corrected chi connectivity index (χ2v) is 13.4. The van der Waals surface area contributed by atoms with E-state index in [1.165, 1.54) is 13.0 Å². The van der Waals surface area contributed by atoms with Crippen LogP contribution in [0.1, 0.15) is 20.3 Å². The lowest BCUT2D eigenvalue weighted by Gasteiger charge is -2.41.